The third-order valence-electron chi connectivity index (χ3n) is 12.1. The van der Waals surface area contributed by atoms with Crippen LogP contribution in [0, 0.1) is 42.5 Å². The zero-order chi connectivity index (χ0) is 38.9. The summed E-state index contributed by atoms with van der Waals surface area (Å²) in [5, 5.41) is 5.11. The van der Waals surface area contributed by atoms with E-state index in [2.05, 4.69) is 215 Å². The summed E-state index contributed by atoms with van der Waals surface area (Å²) in [5.74, 6) is 0. The molecule has 0 amide bonds. The van der Waals surface area contributed by atoms with Gasteiger partial charge in [0.05, 0.1) is 0 Å². The van der Waals surface area contributed by atoms with E-state index in [1.54, 1.807) is 0 Å². The van der Waals surface area contributed by atoms with Crippen LogP contribution in [0.4, 0.5) is 0 Å². The molecule has 0 aromatic heterocycles. The number of rotatable bonds is 6. The maximum atomic E-state index is 2.50. The largest absolute Gasteiger partial charge is 4.00 e. The molecule has 0 bridgehead atoms. The Labute approximate surface area is 368 Å². The fraction of sp³-hybridized carbons (Fsp3) is 0.228. The molecule has 0 saturated carbocycles. The zero-order valence-electron chi connectivity index (χ0n) is 36.9. The van der Waals surface area contributed by atoms with Crippen LogP contribution in [-0.2, 0) is 42.1 Å². The van der Waals surface area contributed by atoms with Crippen LogP contribution in [0.1, 0.15) is 97.2 Å². The summed E-state index contributed by atoms with van der Waals surface area (Å²) in [6.07, 6.45) is 0. The average molecular weight is 924 g/mol. The van der Waals surface area contributed by atoms with E-state index in [1.807, 2.05) is 0 Å². The van der Waals surface area contributed by atoms with Gasteiger partial charge in [0, 0.05) is 5.41 Å². The zero-order valence-corrected chi connectivity index (χ0v) is 40.4. The minimum Gasteiger partial charge on any atom is -0.358 e. The number of benzene rings is 6. The fourth-order valence-electron chi connectivity index (χ4n) is 8.84. The molecule has 58 heavy (non-hydrogen) atoms. The van der Waals surface area contributed by atoms with Crippen molar-refractivity contribution in [2.45, 2.75) is 85.5 Å². The van der Waals surface area contributed by atoms with Gasteiger partial charge in [-0.25, -0.2) is 0 Å². The average Bonchev–Trinajstić information content (AvgIpc) is 3.78. The molecule has 0 fully saturated rings. The second-order valence-electron chi connectivity index (χ2n) is 18.1. The topological polar surface area (TPSA) is 0 Å². The van der Waals surface area contributed by atoms with Crippen molar-refractivity contribution in [3.63, 3.8) is 0 Å². The molecule has 0 nitrogen and oxygen atoms in total. The first-order chi connectivity index (χ1) is 26.1. The molecule has 0 saturated heterocycles. The predicted octanol–water partition coefficient (Wildman–Crippen LogP) is 15.9. The minimum absolute atomic E-state index is 0. The van der Waals surface area contributed by atoms with E-state index in [-0.39, 0.29) is 51.5 Å². The second kappa shape index (κ2) is 16.6. The van der Waals surface area contributed by atoms with Crippen molar-refractivity contribution in [1.29, 1.82) is 0 Å². The molecule has 0 radical (unpaired) electrons. The summed E-state index contributed by atoms with van der Waals surface area (Å²) in [6.45, 7) is 22.7. The van der Waals surface area contributed by atoms with E-state index in [9.17, 15) is 0 Å². The molecule has 292 valence electrons. The van der Waals surface area contributed by atoms with E-state index in [0.717, 1.165) is 0 Å². The second-order valence-corrected chi connectivity index (χ2v) is 18.1. The molecule has 0 aliphatic heterocycles. The van der Waals surface area contributed by atoms with Gasteiger partial charge in [-0.2, -0.15) is 12.1 Å². The summed E-state index contributed by atoms with van der Waals surface area (Å²) in [7, 11) is 0. The van der Waals surface area contributed by atoms with Gasteiger partial charge < -0.3 is 14.9 Å². The van der Waals surface area contributed by atoms with Crippen molar-refractivity contribution in [3.05, 3.63) is 216 Å². The van der Waals surface area contributed by atoms with E-state index < -0.39 is 5.41 Å². The van der Waals surface area contributed by atoms with E-state index in [0.29, 0.717) is 0 Å². The molecular formula is C57H60Hf. The molecule has 8 rings (SSSR count). The van der Waals surface area contributed by atoms with Crippen molar-refractivity contribution in [1.82, 2.24) is 0 Å². The van der Waals surface area contributed by atoms with Crippen molar-refractivity contribution in [2.75, 3.05) is 0 Å². The molecule has 8 aromatic carbocycles. The van der Waals surface area contributed by atoms with Crippen molar-refractivity contribution >= 4 is 21.5 Å². The first kappa shape index (κ1) is 44.5. The summed E-state index contributed by atoms with van der Waals surface area (Å²) in [6, 6.07) is 56.2. The Hall–Kier alpha value is -4.59. The molecule has 0 unspecified atom stereocenters. The van der Waals surface area contributed by atoms with Crippen LogP contribution in [0.15, 0.2) is 146 Å². The third-order valence-corrected chi connectivity index (χ3v) is 12.1. The van der Waals surface area contributed by atoms with Crippen molar-refractivity contribution < 1.29 is 25.8 Å². The van der Waals surface area contributed by atoms with Crippen LogP contribution >= 0.6 is 0 Å². The summed E-state index contributed by atoms with van der Waals surface area (Å²) < 4.78 is 0. The standard InChI is InChI=1S/C55H54.2CH3.Hf/c1-35-17-21-41(22-18-35)55(42-23-19-36(2)20-24-42,45-31-39-13-11-15-49(51(39)33-45)47-27-25-43(29-37(47)3)53(5,6)7)46-32-40-14-12-16-50(52(40)34-46)48-28-26-44(30-38(48)4)54(8,9)10;;;/h11-34H,1-10H3;2*1H3;/q-2;2*-1;+4. The summed E-state index contributed by atoms with van der Waals surface area (Å²) in [4.78, 5) is 0. The van der Waals surface area contributed by atoms with Crippen LogP contribution in [0.3, 0.4) is 0 Å². The van der Waals surface area contributed by atoms with Gasteiger partial charge in [0.15, 0.2) is 0 Å². The van der Waals surface area contributed by atoms with Gasteiger partial charge in [-0.1, -0.05) is 161 Å². The van der Waals surface area contributed by atoms with E-state index in [1.165, 1.54) is 99.4 Å². The molecule has 0 heterocycles. The number of hydrogen-bond acceptors (Lipinski definition) is 0. The van der Waals surface area contributed by atoms with Crippen LogP contribution < -0.4 is 0 Å². The van der Waals surface area contributed by atoms with Gasteiger partial charge in [-0.15, -0.1) is 69.1 Å². The Morgan fingerprint density at radius 2 is 0.724 bits per heavy atom. The molecular weight excluding hydrogens is 863 g/mol. The quantitative estimate of drug-likeness (QED) is 0.115. The van der Waals surface area contributed by atoms with Crippen molar-refractivity contribution in [2.24, 2.45) is 0 Å². The monoisotopic (exact) mass is 924 g/mol. The van der Waals surface area contributed by atoms with Crippen LogP contribution in [0.2, 0.25) is 0 Å². The first-order valence-electron chi connectivity index (χ1n) is 19.9. The Kier molecular flexibility index (Phi) is 12.7. The minimum atomic E-state index is -0.565. The van der Waals surface area contributed by atoms with E-state index >= 15 is 0 Å². The summed E-state index contributed by atoms with van der Waals surface area (Å²) >= 11 is 0. The summed E-state index contributed by atoms with van der Waals surface area (Å²) in [5.41, 5.74) is 17.8. The van der Waals surface area contributed by atoms with Crippen LogP contribution in [-0.4, -0.2) is 0 Å². The molecule has 0 aliphatic rings. The van der Waals surface area contributed by atoms with Gasteiger partial charge in [-0.05, 0) is 83.0 Å². The molecule has 1 heteroatoms. The Morgan fingerprint density at radius 1 is 0.379 bits per heavy atom. The molecule has 0 atom stereocenters. The normalized spacial score (nSPS) is 11.9. The number of hydrogen-bond donors (Lipinski definition) is 0. The predicted molar refractivity (Wildman–Crippen MR) is 251 cm³/mol. The van der Waals surface area contributed by atoms with Gasteiger partial charge >= 0.3 is 25.8 Å². The fourth-order valence-corrected chi connectivity index (χ4v) is 8.84. The van der Waals surface area contributed by atoms with E-state index in [4.69, 9.17) is 0 Å². The van der Waals surface area contributed by atoms with Crippen LogP contribution in [0.25, 0.3) is 43.8 Å². The SMILES string of the molecule is Cc1ccc(C(c2ccc(C)cc2)(c2cc3c(-c4ccc(C(C)(C)C)cc4C)cccc3[cH-]2)c2cc3c(-c4ccc(C(C)(C)C)cc4C)cccc3[cH-]2)cc1.[CH3-].[CH3-].[Hf+4]. The Morgan fingerprint density at radius 3 is 1.05 bits per heavy atom. The van der Waals surface area contributed by atoms with Gasteiger partial charge in [0.1, 0.15) is 0 Å². The molecule has 0 N–H and O–H groups in total. The van der Waals surface area contributed by atoms with Crippen LogP contribution in [0.5, 0.6) is 0 Å². The maximum absolute atomic E-state index is 2.50. The number of fused-ring (bicyclic) bond motifs is 2. The Balaban J connectivity index is 0.00000214. The maximum Gasteiger partial charge on any atom is 4.00 e. The molecule has 0 spiro atoms. The van der Waals surface area contributed by atoms with Gasteiger partial charge in [0.2, 0.25) is 0 Å². The van der Waals surface area contributed by atoms with Crippen molar-refractivity contribution in [3.8, 4) is 22.3 Å². The van der Waals surface area contributed by atoms with Gasteiger partial charge in [0.25, 0.3) is 0 Å². The van der Waals surface area contributed by atoms with Gasteiger partial charge in [-0.3, -0.25) is 0 Å². The Bertz CT molecular complexity index is 2490. The number of aryl methyl sites for hydroxylation is 4. The first-order valence-corrected chi connectivity index (χ1v) is 19.9. The molecule has 8 aromatic rings. The molecule has 0 aliphatic carbocycles. The smallest absolute Gasteiger partial charge is 0.358 e. The third kappa shape index (κ3) is 7.80.